The molecule has 0 bridgehead atoms. The Morgan fingerprint density at radius 3 is 2.20 bits per heavy atom. The molecule has 0 aromatic heterocycles. The normalized spacial score (nSPS) is 14.8. The Morgan fingerprint density at radius 2 is 2.10 bits per heavy atom. The van der Waals surface area contributed by atoms with Crippen LogP contribution in [0.5, 0.6) is 0 Å². The first-order valence-electron chi connectivity index (χ1n) is 3.00. The second-order valence-electron chi connectivity index (χ2n) is 2.19. The highest BCUT2D eigenvalue weighted by Gasteiger charge is 2.37. The summed E-state index contributed by atoms with van der Waals surface area (Å²) < 4.78 is 0. The van der Waals surface area contributed by atoms with Gasteiger partial charge in [-0.25, -0.2) is 0 Å². The van der Waals surface area contributed by atoms with Crippen molar-refractivity contribution in [3.8, 4) is 0 Å². The SMILES string of the molecule is CCC(O)(O)C(C)[N+](=O)[O-]. The maximum absolute atomic E-state index is 9.99. The predicted octanol–water partition coefficient (Wildman–Crippen LogP) is -0.258. The number of hydrogen-bond acceptors (Lipinski definition) is 4. The van der Waals surface area contributed by atoms with E-state index < -0.39 is 16.8 Å². The van der Waals surface area contributed by atoms with E-state index in [0.29, 0.717) is 0 Å². The molecule has 1 unspecified atom stereocenters. The van der Waals surface area contributed by atoms with Gasteiger partial charge in [-0.15, -0.1) is 0 Å². The third-order valence-electron chi connectivity index (χ3n) is 1.51. The van der Waals surface area contributed by atoms with E-state index >= 15 is 0 Å². The van der Waals surface area contributed by atoms with Crippen molar-refractivity contribution in [3.63, 3.8) is 0 Å². The monoisotopic (exact) mass is 149 g/mol. The smallest absolute Gasteiger partial charge is 0.262 e. The van der Waals surface area contributed by atoms with Crippen LogP contribution in [0.1, 0.15) is 20.3 Å². The second kappa shape index (κ2) is 2.94. The van der Waals surface area contributed by atoms with Gasteiger partial charge in [0, 0.05) is 18.3 Å². The number of nitro groups is 1. The molecule has 0 aliphatic carbocycles. The zero-order valence-electron chi connectivity index (χ0n) is 5.94. The first kappa shape index (κ1) is 9.32. The van der Waals surface area contributed by atoms with Crippen LogP contribution >= 0.6 is 0 Å². The predicted molar refractivity (Wildman–Crippen MR) is 33.9 cm³/mol. The van der Waals surface area contributed by atoms with Gasteiger partial charge in [-0.1, -0.05) is 6.92 Å². The summed E-state index contributed by atoms with van der Waals surface area (Å²) in [6.07, 6.45) is -0.0465. The van der Waals surface area contributed by atoms with E-state index in [1.54, 1.807) is 0 Å². The van der Waals surface area contributed by atoms with Crippen LogP contribution in [0.15, 0.2) is 0 Å². The topological polar surface area (TPSA) is 83.6 Å². The Bertz CT molecular complexity index is 134. The second-order valence-corrected chi connectivity index (χ2v) is 2.19. The first-order valence-corrected chi connectivity index (χ1v) is 3.00. The van der Waals surface area contributed by atoms with Crippen molar-refractivity contribution in [2.24, 2.45) is 0 Å². The summed E-state index contributed by atoms with van der Waals surface area (Å²) in [5.41, 5.74) is 0. The summed E-state index contributed by atoms with van der Waals surface area (Å²) >= 11 is 0. The van der Waals surface area contributed by atoms with E-state index in [0.717, 1.165) is 6.92 Å². The Labute approximate surface area is 58.4 Å². The molecule has 5 nitrogen and oxygen atoms in total. The van der Waals surface area contributed by atoms with Gasteiger partial charge in [0.05, 0.1) is 0 Å². The van der Waals surface area contributed by atoms with E-state index in [1.807, 2.05) is 0 Å². The zero-order chi connectivity index (χ0) is 8.36. The molecule has 0 aliphatic heterocycles. The molecule has 0 rings (SSSR count). The molecular weight excluding hydrogens is 138 g/mol. The van der Waals surface area contributed by atoms with E-state index in [-0.39, 0.29) is 6.42 Å². The van der Waals surface area contributed by atoms with Crippen LogP contribution in [0, 0.1) is 10.1 Å². The number of aliphatic hydroxyl groups is 2. The van der Waals surface area contributed by atoms with Crippen molar-refractivity contribution in [2.45, 2.75) is 32.1 Å². The van der Waals surface area contributed by atoms with Crippen molar-refractivity contribution >= 4 is 0 Å². The molecule has 1 atom stereocenters. The Hall–Kier alpha value is -0.680. The molecule has 0 saturated carbocycles. The quantitative estimate of drug-likeness (QED) is 0.329. The van der Waals surface area contributed by atoms with E-state index in [2.05, 4.69) is 0 Å². The lowest BCUT2D eigenvalue weighted by atomic mass is 10.1. The summed E-state index contributed by atoms with van der Waals surface area (Å²) in [6, 6.07) is -1.34. The molecule has 0 aliphatic rings. The third-order valence-corrected chi connectivity index (χ3v) is 1.51. The lowest BCUT2D eigenvalue weighted by molar-refractivity contribution is -0.558. The van der Waals surface area contributed by atoms with Crippen molar-refractivity contribution in [1.29, 1.82) is 0 Å². The first-order chi connectivity index (χ1) is 4.41. The third kappa shape index (κ3) is 1.93. The molecule has 0 radical (unpaired) electrons. The van der Waals surface area contributed by atoms with Crippen LogP contribution in [0.4, 0.5) is 0 Å². The molecule has 0 aromatic rings. The molecule has 0 saturated heterocycles. The van der Waals surface area contributed by atoms with Gasteiger partial charge in [0.15, 0.2) is 0 Å². The molecule has 5 heteroatoms. The summed E-state index contributed by atoms with van der Waals surface area (Å²) in [4.78, 5) is 9.27. The molecule has 2 N–H and O–H groups in total. The zero-order valence-corrected chi connectivity index (χ0v) is 5.94. The van der Waals surface area contributed by atoms with Crippen LogP contribution < -0.4 is 0 Å². The average molecular weight is 149 g/mol. The Morgan fingerprint density at radius 1 is 1.70 bits per heavy atom. The maximum Gasteiger partial charge on any atom is 0.262 e. The van der Waals surface area contributed by atoms with Crippen molar-refractivity contribution in [3.05, 3.63) is 10.1 Å². The largest absolute Gasteiger partial charge is 0.360 e. The van der Waals surface area contributed by atoms with Gasteiger partial charge in [-0.3, -0.25) is 10.1 Å². The summed E-state index contributed by atoms with van der Waals surface area (Å²) in [6.45, 7) is 2.63. The molecule has 0 aromatic carbocycles. The number of nitrogens with zero attached hydrogens (tertiary/aromatic N) is 1. The highest BCUT2D eigenvalue weighted by atomic mass is 16.6. The minimum atomic E-state index is -2.18. The fourth-order valence-corrected chi connectivity index (χ4v) is 0.464. The lowest BCUT2D eigenvalue weighted by Crippen LogP contribution is -2.44. The van der Waals surface area contributed by atoms with Gasteiger partial charge in [-0.2, -0.15) is 0 Å². The molecule has 60 valence electrons. The van der Waals surface area contributed by atoms with Gasteiger partial charge in [0.2, 0.25) is 5.79 Å². The minimum Gasteiger partial charge on any atom is -0.360 e. The van der Waals surface area contributed by atoms with E-state index in [4.69, 9.17) is 10.2 Å². The van der Waals surface area contributed by atoms with Gasteiger partial charge in [0.25, 0.3) is 6.04 Å². The maximum atomic E-state index is 9.99. The molecule has 0 amide bonds. The fourth-order valence-electron chi connectivity index (χ4n) is 0.464. The number of rotatable bonds is 3. The Kier molecular flexibility index (Phi) is 2.74. The minimum absolute atomic E-state index is 0.0465. The average Bonchev–Trinajstić information content (AvgIpc) is 1.86. The van der Waals surface area contributed by atoms with Crippen molar-refractivity contribution in [2.75, 3.05) is 0 Å². The molecule has 0 spiro atoms. The standard InChI is InChI=1S/C5H11NO4/c1-3-5(7,8)4(2)6(9)10/h4,7-8H,3H2,1-2H3. The van der Waals surface area contributed by atoms with E-state index in [1.165, 1.54) is 6.92 Å². The Balaban J connectivity index is 4.17. The van der Waals surface area contributed by atoms with Gasteiger partial charge >= 0.3 is 0 Å². The molecule has 0 fully saturated rings. The lowest BCUT2D eigenvalue weighted by Gasteiger charge is -2.19. The van der Waals surface area contributed by atoms with Crippen LogP contribution in [0.25, 0.3) is 0 Å². The summed E-state index contributed by atoms with van der Waals surface area (Å²) in [5.74, 6) is -2.18. The van der Waals surface area contributed by atoms with Crippen LogP contribution in [-0.4, -0.2) is 27.0 Å². The highest BCUT2D eigenvalue weighted by Crippen LogP contribution is 2.12. The number of hydrogen-bond donors (Lipinski definition) is 2. The van der Waals surface area contributed by atoms with Crippen LogP contribution in [0.3, 0.4) is 0 Å². The summed E-state index contributed by atoms with van der Waals surface area (Å²) in [5, 5.41) is 27.7. The van der Waals surface area contributed by atoms with E-state index in [9.17, 15) is 10.1 Å². The van der Waals surface area contributed by atoms with Crippen LogP contribution in [0.2, 0.25) is 0 Å². The van der Waals surface area contributed by atoms with Crippen molar-refractivity contribution in [1.82, 2.24) is 0 Å². The highest BCUT2D eigenvalue weighted by molar-refractivity contribution is 4.68. The van der Waals surface area contributed by atoms with Crippen molar-refractivity contribution < 1.29 is 15.1 Å². The van der Waals surface area contributed by atoms with Gasteiger partial charge < -0.3 is 10.2 Å². The fraction of sp³-hybridized carbons (Fsp3) is 1.00. The molecule has 0 heterocycles. The molecule has 10 heavy (non-hydrogen) atoms. The molecular formula is C5H11NO4. The van der Waals surface area contributed by atoms with Gasteiger partial charge in [0.1, 0.15) is 0 Å². The van der Waals surface area contributed by atoms with Gasteiger partial charge in [-0.05, 0) is 0 Å². The summed E-state index contributed by atoms with van der Waals surface area (Å²) in [7, 11) is 0. The van der Waals surface area contributed by atoms with Crippen LogP contribution in [-0.2, 0) is 0 Å².